The van der Waals surface area contributed by atoms with E-state index in [1.807, 2.05) is 12.1 Å². The van der Waals surface area contributed by atoms with Crippen molar-refractivity contribution < 1.29 is 13.8 Å². The lowest BCUT2D eigenvalue weighted by Crippen LogP contribution is -2.70. The van der Waals surface area contributed by atoms with Crippen LogP contribution in [-0.2, 0) is 0 Å². The highest BCUT2D eigenvalue weighted by atomic mass is 32.2. The van der Waals surface area contributed by atoms with Crippen LogP contribution in [0.4, 0.5) is 14.5 Å². The molecule has 2 rings (SSSR count). The van der Waals surface area contributed by atoms with Crippen LogP contribution in [0.2, 0.25) is 0 Å². The SMILES string of the molecule is FC(F)Sc1ccc(NC2=[NH+]CCC2)cc1. The maximum atomic E-state index is 12.1. The fourth-order valence-electron chi connectivity index (χ4n) is 1.59. The van der Waals surface area contributed by atoms with E-state index in [1.165, 1.54) is 0 Å². The minimum absolute atomic E-state index is 0.566. The molecule has 0 aromatic heterocycles. The maximum absolute atomic E-state index is 12.1. The Morgan fingerprint density at radius 2 is 2.00 bits per heavy atom. The van der Waals surface area contributed by atoms with Crippen molar-refractivity contribution in [2.24, 2.45) is 0 Å². The second kappa shape index (κ2) is 5.30. The number of alkyl halides is 2. The number of halogens is 2. The van der Waals surface area contributed by atoms with Gasteiger partial charge in [0.05, 0.1) is 13.0 Å². The minimum atomic E-state index is -2.36. The van der Waals surface area contributed by atoms with Crippen molar-refractivity contribution in [3.63, 3.8) is 0 Å². The van der Waals surface area contributed by atoms with Gasteiger partial charge in [-0.3, -0.25) is 4.99 Å². The second-order valence-electron chi connectivity index (χ2n) is 3.54. The van der Waals surface area contributed by atoms with Crippen LogP contribution in [0.1, 0.15) is 12.8 Å². The summed E-state index contributed by atoms with van der Waals surface area (Å²) in [6.07, 6.45) is 2.16. The molecule has 86 valence electrons. The van der Waals surface area contributed by atoms with Crippen LogP contribution < -0.4 is 10.3 Å². The van der Waals surface area contributed by atoms with Gasteiger partial charge in [0.1, 0.15) is 5.69 Å². The van der Waals surface area contributed by atoms with E-state index in [9.17, 15) is 8.78 Å². The molecule has 1 aliphatic rings. The summed E-state index contributed by atoms with van der Waals surface area (Å²) in [7, 11) is 0. The van der Waals surface area contributed by atoms with Gasteiger partial charge in [-0.1, -0.05) is 11.8 Å². The molecule has 0 saturated heterocycles. The lowest BCUT2D eigenvalue weighted by Gasteiger charge is -2.01. The van der Waals surface area contributed by atoms with Crippen molar-refractivity contribution in [3.8, 4) is 0 Å². The third-order valence-electron chi connectivity index (χ3n) is 2.32. The van der Waals surface area contributed by atoms with Gasteiger partial charge < -0.3 is 0 Å². The quantitative estimate of drug-likeness (QED) is 0.790. The molecule has 0 bridgehead atoms. The number of benzene rings is 1. The second-order valence-corrected chi connectivity index (χ2v) is 4.60. The number of amidine groups is 1. The lowest BCUT2D eigenvalue weighted by atomic mass is 10.3. The zero-order valence-corrected chi connectivity index (χ0v) is 9.49. The molecule has 1 aromatic rings. The molecule has 1 heterocycles. The normalized spacial score (nSPS) is 15.3. The van der Waals surface area contributed by atoms with E-state index in [0.717, 1.165) is 30.9 Å². The summed E-state index contributed by atoms with van der Waals surface area (Å²) in [6, 6.07) is 7.04. The van der Waals surface area contributed by atoms with Crippen LogP contribution in [0, 0.1) is 0 Å². The molecule has 1 aliphatic heterocycles. The monoisotopic (exact) mass is 243 g/mol. The third-order valence-corrected chi connectivity index (χ3v) is 3.04. The molecule has 0 amide bonds. The van der Waals surface area contributed by atoms with Crippen LogP contribution in [0.15, 0.2) is 29.2 Å². The summed E-state index contributed by atoms with van der Waals surface area (Å²) in [4.78, 5) is 3.82. The molecule has 0 atom stereocenters. The first kappa shape index (κ1) is 11.4. The van der Waals surface area contributed by atoms with Crippen molar-refractivity contribution in [1.82, 2.24) is 0 Å². The highest BCUT2D eigenvalue weighted by Gasteiger charge is 2.13. The Morgan fingerprint density at radius 1 is 1.25 bits per heavy atom. The van der Waals surface area contributed by atoms with Gasteiger partial charge in [0.15, 0.2) is 0 Å². The van der Waals surface area contributed by atoms with E-state index >= 15 is 0 Å². The summed E-state index contributed by atoms with van der Waals surface area (Å²) in [6.45, 7) is 1.00. The summed E-state index contributed by atoms with van der Waals surface area (Å²) in [5.41, 5.74) is 0.933. The molecular formula is C11H13F2N2S+. The summed E-state index contributed by atoms with van der Waals surface area (Å²) < 4.78 is 24.2. The molecule has 0 saturated carbocycles. The van der Waals surface area contributed by atoms with E-state index in [2.05, 4.69) is 10.3 Å². The van der Waals surface area contributed by atoms with Crippen molar-refractivity contribution in [1.29, 1.82) is 0 Å². The summed E-state index contributed by atoms with van der Waals surface area (Å²) in [5.74, 6) is -1.25. The van der Waals surface area contributed by atoms with E-state index in [0.29, 0.717) is 16.7 Å². The van der Waals surface area contributed by atoms with Crippen molar-refractivity contribution >= 4 is 23.3 Å². The minimum Gasteiger partial charge on any atom is -0.278 e. The van der Waals surface area contributed by atoms with Gasteiger partial charge in [0.2, 0.25) is 5.84 Å². The first-order valence-corrected chi connectivity index (χ1v) is 6.03. The number of anilines is 1. The molecule has 5 heteroatoms. The molecule has 0 fully saturated rings. The van der Waals surface area contributed by atoms with Crippen LogP contribution in [0.3, 0.4) is 0 Å². The highest BCUT2D eigenvalue weighted by molar-refractivity contribution is 7.99. The van der Waals surface area contributed by atoms with Gasteiger partial charge >= 0.3 is 0 Å². The predicted octanol–water partition coefficient (Wildman–Crippen LogP) is 1.69. The van der Waals surface area contributed by atoms with Crippen LogP contribution >= 0.6 is 11.8 Å². The van der Waals surface area contributed by atoms with Crippen LogP contribution in [0.25, 0.3) is 0 Å². The van der Waals surface area contributed by atoms with E-state index in [-0.39, 0.29) is 0 Å². The van der Waals surface area contributed by atoms with Crippen LogP contribution in [0.5, 0.6) is 0 Å². The molecular weight excluding hydrogens is 230 g/mol. The molecule has 16 heavy (non-hydrogen) atoms. The Hall–Kier alpha value is -1.10. The topological polar surface area (TPSA) is 26.0 Å². The van der Waals surface area contributed by atoms with E-state index in [1.54, 1.807) is 12.1 Å². The Balaban J connectivity index is 1.96. The third kappa shape index (κ3) is 3.20. The summed E-state index contributed by atoms with van der Waals surface area (Å²) in [5, 5.41) is 3.23. The largest absolute Gasteiger partial charge is 0.288 e. The highest BCUT2D eigenvalue weighted by Crippen LogP contribution is 2.26. The average molecular weight is 243 g/mol. The molecule has 0 radical (unpaired) electrons. The van der Waals surface area contributed by atoms with Crippen molar-refractivity contribution in [2.75, 3.05) is 11.9 Å². The Kier molecular flexibility index (Phi) is 3.77. The summed E-state index contributed by atoms with van der Waals surface area (Å²) >= 11 is 0.566. The number of nitrogens with one attached hydrogen (secondary N) is 2. The van der Waals surface area contributed by atoms with E-state index in [4.69, 9.17) is 0 Å². The standard InChI is InChI=1S/C11H12F2N2S/c12-11(13)16-9-5-3-8(4-6-9)15-10-2-1-7-14-10/h3-6,11H,1-2,7H2,(H,14,15)/p+1. The van der Waals surface area contributed by atoms with Crippen molar-refractivity contribution in [3.05, 3.63) is 24.3 Å². The zero-order chi connectivity index (χ0) is 11.4. The number of thioether (sulfide) groups is 1. The fourth-order valence-corrected chi connectivity index (χ4v) is 2.09. The molecule has 1 aromatic carbocycles. The smallest absolute Gasteiger partial charge is 0.278 e. The molecule has 2 nitrogen and oxygen atoms in total. The molecule has 0 aliphatic carbocycles. The van der Waals surface area contributed by atoms with Gasteiger partial charge in [-0.05, 0) is 30.7 Å². The molecule has 0 spiro atoms. The maximum Gasteiger partial charge on any atom is 0.288 e. The van der Waals surface area contributed by atoms with Gasteiger partial charge in [0, 0.05) is 4.90 Å². The Bertz CT molecular complexity index is 376. The Morgan fingerprint density at radius 3 is 2.56 bits per heavy atom. The number of rotatable bonds is 3. The van der Waals surface area contributed by atoms with E-state index < -0.39 is 5.76 Å². The fraction of sp³-hybridized carbons (Fsp3) is 0.364. The average Bonchev–Trinajstić information content (AvgIpc) is 2.73. The van der Waals surface area contributed by atoms with Gasteiger partial charge in [-0.15, -0.1) is 0 Å². The van der Waals surface area contributed by atoms with Crippen molar-refractivity contribution in [2.45, 2.75) is 23.5 Å². The van der Waals surface area contributed by atoms with Gasteiger partial charge in [-0.2, -0.15) is 8.78 Å². The van der Waals surface area contributed by atoms with Gasteiger partial charge in [0.25, 0.3) is 5.76 Å². The molecule has 2 N–H and O–H groups in total. The first-order chi connectivity index (χ1) is 7.74. The van der Waals surface area contributed by atoms with Crippen LogP contribution in [-0.4, -0.2) is 18.1 Å². The zero-order valence-electron chi connectivity index (χ0n) is 8.67. The number of hydrogen-bond acceptors (Lipinski definition) is 2. The first-order valence-electron chi connectivity index (χ1n) is 5.15. The lowest BCUT2D eigenvalue weighted by molar-refractivity contribution is -0.447. The predicted molar refractivity (Wildman–Crippen MR) is 62.0 cm³/mol. The molecule has 0 unspecified atom stereocenters. The number of hydrogen-bond donors (Lipinski definition) is 2. The Labute approximate surface area is 97.1 Å². The van der Waals surface area contributed by atoms with Gasteiger partial charge in [-0.25, -0.2) is 5.32 Å².